The number of amides is 1. The molecule has 3 nitrogen and oxygen atoms in total. The molecule has 144 valence electrons. The monoisotopic (exact) mass is 380 g/mol. The summed E-state index contributed by atoms with van der Waals surface area (Å²) < 4.78 is 0. The highest BCUT2D eigenvalue weighted by molar-refractivity contribution is 5.97. The number of carbonyl (C=O) groups excluding carboxylic acids is 1. The minimum atomic E-state index is -0.112. The van der Waals surface area contributed by atoms with Crippen LogP contribution in [0.4, 0.5) is 0 Å². The number of nitrogens with one attached hydrogen (secondary N) is 1. The number of aromatic amines is 1. The van der Waals surface area contributed by atoms with Crippen LogP contribution in [-0.4, -0.2) is 22.3 Å². The Morgan fingerprint density at radius 3 is 2.45 bits per heavy atom. The van der Waals surface area contributed by atoms with Gasteiger partial charge in [-0.1, -0.05) is 66.2 Å². The second-order valence-electron chi connectivity index (χ2n) is 7.94. The van der Waals surface area contributed by atoms with Crippen molar-refractivity contribution in [3.8, 4) is 0 Å². The third-order valence-electron chi connectivity index (χ3n) is 6.06. The van der Waals surface area contributed by atoms with Crippen molar-refractivity contribution in [3.63, 3.8) is 0 Å². The predicted molar refractivity (Wildman–Crippen MR) is 117 cm³/mol. The molecule has 1 amide bonds. The topological polar surface area (TPSA) is 36.1 Å². The average Bonchev–Trinajstić information content (AvgIpc) is 3.12. The molecule has 0 bridgehead atoms. The number of aryl methyl sites for hydroxylation is 2. The molecule has 0 fully saturated rings. The van der Waals surface area contributed by atoms with Gasteiger partial charge in [0.15, 0.2) is 0 Å². The largest absolute Gasteiger partial charge is 0.356 e. The normalized spacial score (nSPS) is 16.1. The van der Waals surface area contributed by atoms with Crippen molar-refractivity contribution in [2.75, 3.05) is 6.54 Å². The Hall–Kier alpha value is -3.33. The first-order valence-electron chi connectivity index (χ1n) is 10.2. The molecule has 1 atom stereocenters. The Morgan fingerprint density at radius 1 is 0.931 bits per heavy atom. The minimum absolute atomic E-state index is 0.0954. The van der Waals surface area contributed by atoms with Crippen molar-refractivity contribution in [2.45, 2.75) is 26.3 Å². The van der Waals surface area contributed by atoms with Gasteiger partial charge in [-0.15, -0.1) is 0 Å². The van der Waals surface area contributed by atoms with Crippen LogP contribution in [0.3, 0.4) is 0 Å². The van der Waals surface area contributed by atoms with Crippen LogP contribution in [0.5, 0.6) is 0 Å². The van der Waals surface area contributed by atoms with Crippen LogP contribution in [0.2, 0.25) is 0 Å². The minimum Gasteiger partial charge on any atom is -0.356 e. The highest BCUT2D eigenvalue weighted by Crippen LogP contribution is 2.39. The van der Waals surface area contributed by atoms with E-state index in [0.717, 1.165) is 34.3 Å². The van der Waals surface area contributed by atoms with E-state index in [9.17, 15) is 4.79 Å². The van der Waals surface area contributed by atoms with Crippen LogP contribution in [0.15, 0.2) is 72.8 Å². The smallest absolute Gasteiger partial charge is 0.254 e. The molecule has 4 aromatic rings. The Labute approximate surface area is 171 Å². The molecule has 3 aromatic carbocycles. The number of fused-ring (bicyclic) bond motifs is 3. The summed E-state index contributed by atoms with van der Waals surface area (Å²) in [5.41, 5.74) is 7.78. The number of rotatable bonds is 2. The number of hydrogen-bond donors (Lipinski definition) is 1. The fraction of sp³-hybridized carbons (Fsp3) is 0.192. The zero-order chi connectivity index (χ0) is 20.0. The maximum absolute atomic E-state index is 13.6. The third-order valence-corrected chi connectivity index (χ3v) is 6.06. The maximum atomic E-state index is 13.6. The van der Waals surface area contributed by atoms with E-state index in [1.54, 1.807) is 0 Å². The van der Waals surface area contributed by atoms with E-state index in [-0.39, 0.29) is 11.9 Å². The molecule has 0 spiro atoms. The van der Waals surface area contributed by atoms with E-state index in [1.807, 2.05) is 36.1 Å². The van der Waals surface area contributed by atoms with Gasteiger partial charge in [-0.2, -0.15) is 0 Å². The maximum Gasteiger partial charge on any atom is 0.254 e. The summed E-state index contributed by atoms with van der Waals surface area (Å²) in [5.74, 6) is 0.0954. The third kappa shape index (κ3) is 2.94. The molecule has 1 N–H and O–H groups in total. The van der Waals surface area contributed by atoms with E-state index >= 15 is 0 Å². The van der Waals surface area contributed by atoms with E-state index in [2.05, 4.69) is 60.4 Å². The number of aromatic nitrogens is 1. The zero-order valence-electron chi connectivity index (χ0n) is 16.8. The summed E-state index contributed by atoms with van der Waals surface area (Å²) in [7, 11) is 0. The number of H-pyrrole nitrogens is 1. The lowest BCUT2D eigenvalue weighted by Crippen LogP contribution is -2.40. The van der Waals surface area contributed by atoms with Gasteiger partial charge < -0.3 is 9.88 Å². The fourth-order valence-corrected chi connectivity index (χ4v) is 4.52. The van der Waals surface area contributed by atoms with Crippen LogP contribution in [0, 0.1) is 13.8 Å². The molecule has 1 aliphatic rings. The number of hydrogen-bond acceptors (Lipinski definition) is 1. The van der Waals surface area contributed by atoms with Crippen molar-refractivity contribution < 1.29 is 4.79 Å². The lowest BCUT2D eigenvalue weighted by atomic mass is 9.91. The molecule has 0 radical (unpaired) electrons. The van der Waals surface area contributed by atoms with Crippen LogP contribution in [0.25, 0.3) is 10.9 Å². The first-order valence-corrected chi connectivity index (χ1v) is 10.2. The van der Waals surface area contributed by atoms with Gasteiger partial charge in [0, 0.05) is 28.7 Å². The quantitative estimate of drug-likeness (QED) is 0.485. The van der Waals surface area contributed by atoms with Crippen molar-refractivity contribution in [1.29, 1.82) is 0 Å². The van der Waals surface area contributed by atoms with E-state index in [1.165, 1.54) is 16.5 Å². The van der Waals surface area contributed by atoms with E-state index in [4.69, 9.17) is 0 Å². The number of benzene rings is 3. The second kappa shape index (κ2) is 6.93. The van der Waals surface area contributed by atoms with Gasteiger partial charge >= 0.3 is 0 Å². The fourth-order valence-electron chi connectivity index (χ4n) is 4.52. The Kier molecular flexibility index (Phi) is 4.24. The highest BCUT2D eigenvalue weighted by atomic mass is 16.2. The van der Waals surface area contributed by atoms with E-state index in [0.29, 0.717) is 6.54 Å². The van der Waals surface area contributed by atoms with Crippen LogP contribution < -0.4 is 0 Å². The van der Waals surface area contributed by atoms with Gasteiger partial charge in [-0.3, -0.25) is 4.79 Å². The van der Waals surface area contributed by atoms with Gasteiger partial charge in [0.05, 0.1) is 6.04 Å². The standard InChI is InChI=1S/C26H24N2O/c1-17-11-13-19(14-12-17)25-24-22(21-9-5-6-10-23(21)27-24)15-16-28(25)26(29)20-8-4-3-7-18(20)2/h3-14,25,27H,15-16H2,1-2H3. The SMILES string of the molecule is Cc1ccc(C2c3[nH]c4ccccc4c3CCN2C(=O)c2ccccc2C)cc1. The van der Waals surface area contributed by atoms with Gasteiger partial charge in [0.2, 0.25) is 0 Å². The zero-order valence-corrected chi connectivity index (χ0v) is 16.8. The molecule has 1 aliphatic heterocycles. The molecule has 1 unspecified atom stereocenters. The molecule has 29 heavy (non-hydrogen) atoms. The summed E-state index contributed by atoms with van der Waals surface area (Å²) in [5, 5.41) is 1.27. The Morgan fingerprint density at radius 2 is 1.66 bits per heavy atom. The first-order chi connectivity index (χ1) is 14.1. The molecule has 2 heterocycles. The van der Waals surface area contributed by atoms with E-state index < -0.39 is 0 Å². The summed E-state index contributed by atoms with van der Waals surface area (Å²) in [6.07, 6.45) is 0.860. The molecule has 3 heteroatoms. The average molecular weight is 380 g/mol. The summed E-state index contributed by atoms with van der Waals surface area (Å²) in [4.78, 5) is 19.3. The van der Waals surface area contributed by atoms with Crippen LogP contribution in [0.1, 0.15) is 44.3 Å². The van der Waals surface area contributed by atoms with Crippen molar-refractivity contribution in [1.82, 2.24) is 9.88 Å². The number of nitrogens with zero attached hydrogens (tertiary/aromatic N) is 1. The molecule has 5 rings (SSSR count). The van der Waals surface area contributed by atoms with Crippen LogP contribution in [-0.2, 0) is 6.42 Å². The number of carbonyl (C=O) groups is 1. The molecule has 1 aromatic heterocycles. The molecule has 0 aliphatic carbocycles. The molecule has 0 saturated heterocycles. The van der Waals surface area contributed by atoms with Crippen LogP contribution >= 0.6 is 0 Å². The lowest BCUT2D eigenvalue weighted by Gasteiger charge is -2.36. The summed E-state index contributed by atoms with van der Waals surface area (Å²) in [6, 6.07) is 24.8. The first kappa shape index (κ1) is 17.7. The molecular formula is C26H24N2O. The van der Waals surface area contributed by atoms with Gasteiger partial charge in [-0.25, -0.2) is 0 Å². The Balaban J connectivity index is 1.68. The second-order valence-corrected chi connectivity index (χ2v) is 7.94. The summed E-state index contributed by atoms with van der Waals surface area (Å²) >= 11 is 0. The van der Waals surface area contributed by atoms with Gasteiger partial charge in [0.1, 0.15) is 0 Å². The number of para-hydroxylation sites is 1. The lowest BCUT2D eigenvalue weighted by molar-refractivity contribution is 0.0691. The van der Waals surface area contributed by atoms with Gasteiger partial charge in [0.25, 0.3) is 5.91 Å². The van der Waals surface area contributed by atoms with Gasteiger partial charge in [-0.05, 0) is 49.1 Å². The summed E-state index contributed by atoms with van der Waals surface area (Å²) in [6.45, 7) is 4.81. The highest BCUT2D eigenvalue weighted by Gasteiger charge is 2.35. The Bertz CT molecular complexity index is 1200. The predicted octanol–water partition coefficient (Wildman–Crippen LogP) is 5.57. The van der Waals surface area contributed by atoms with Crippen molar-refractivity contribution in [2.24, 2.45) is 0 Å². The van der Waals surface area contributed by atoms with Crippen molar-refractivity contribution in [3.05, 3.63) is 106 Å². The molecular weight excluding hydrogens is 356 g/mol. The molecule has 0 saturated carbocycles. The van der Waals surface area contributed by atoms with Crippen molar-refractivity contribution >= 4 is 16.8 Å².